The van der Waals surface area contributed by atoms with Gasteiger partial charge in [0.05, 0.1) is 0 Å². The zero-order valence-corrected chi connectivity index (χ0v) is 15.9. The smallest absolute Gasteiger partial charge is 0.251 e. The standard InChI is InChI=1S/C22H24N4O/c1-16-6-4-5-7-18(16)15-24-22(27)17-12-13-23-21(14-17)25-19-8-10-20(11-9-19)26(2)3/h4-14H,15H2,1-3H3,(H,23,25)(H,24,27). The SMILES string of the molecule is Cc1ccccc1CNC(=O)c1ccnc(Nc2ccc(N(C)C)cc2)c1. The van der Waals surface area contributed by atoms with Crippen LogP contribution in [0.3, 0.4) is 0 Å². The highest BCUT2D eigenvalue weighted by molar-refractivity contribution is 5.94. The van der Waals surface area contributed by atoms with Gasteiger partial charge < -0.3 is 15.5 Å². The van der Waals surface area contributed by atoms with E-state index in [0.29, 0.717) is 17.9 Å². The molecule has 3 aromatic rings. The van der Waals surface area contributed by atoms with Gasteiger partial charge in [-0.3, -0.25) is 4.79 Å². The van der Waals surface area contributed by atoms with Crippen molar-refractivity contribution in [3.05, 3.63) is 83.6 Å². The van der Waals surface area contributed by atoms with Gasteiger partial charge in [-0.2, -0.15) is 0 Å². The number of amides is 1. The summed E-state index contributed by atoms with van der Waals surface area (Å²) in [5.74, 6) is 0.516. The Bertz CT molecular complexity index is 920. The number of nitrogens with zero attached hydrogens (tertiary/aromatic N) is 2. The first-order chi connectivity index (χ1) is 13.0. The van der Waals surface area contributed by atoms with Gasteiger partial charge in [-0.1, -0.05) is 24.3 Å². The normalized spacial score (nSPS) is 10.3. The van der Waals surface area contributed by atoms with Crippen molar-refractivity contribution < 1.29 is 4.79 Å². The number of aryl methyl sites for hydroxylation is 1. The van der Waals surface area contributed by atoms with Crippen LogP contribution in [0.4, 0.5) is 17.2 Å². The topological polar surface area (TPSA) is 57.3 Å². The molecule has 0 atom stereocenters. The van der Waals surface area contributed by atoms with E-state index < -0.39 is 0 Å². The van der Waals surface area contributed by atoms with Crippen LogP contribution in [0.25, 0.3) is 0 Å². The lowest BCUT2D eigenvalue weighted by Gasteiger charge is -2.13. The molecule has 2 aromatic carbocycles. The molecule has 5 nitrogen and oxygen atoms in total. The molecular formula is C22H24N4O. The molecule has 27 heavy (non-hydrogen) atoms. The van der Waals surface area contributed by atoms with Gasteiger partial charge in [0.15, 0.2) is 0 Å². The Labute approximate surface area is 160 Å². The number of carbonyl (C=O) groups excluding carboxylic acids is 1. The summed E-state index contributed by atoms with van der Waals surface area (Å²) in [4.78, 5) is 18.8. The van der Waals surface area contributed by atoms with Gasteiger partial charge in [-0.05, 0) is 54.4 Å². The quantitative estimate of drug-likeness (QED) is 0.694. The predicted octanol–water partition coefficient (Wildman–Crippen LogP) is 4.13. The molecule has 2 N–H and O–H groups in total. The molecule has 0 radical (unpaired) electrons. The summed E-state index contributed by atoms with van der Waals surface area (Å²) in [5, 5.41) is 6.21. The van der Waals surface area contributed by atoms with E-state index in [9.17, 15) is 4.79 Å². The lowest BCUT2D eigenvalue weighted by molar-refractivity contribution is 0.0951. The number of rotatable bonds is 6. The molecule has 0 spiro atoms. The van der Waals surface area contributed by atoms with Crippen LogP contribution in [0.5, 0.6) is 0 Å². The molecule has 3 rings (SSSR count). The molecule has 5 heteroatoms. The van der Waals surface area contributed by atoms with Crippen molar-refractivity contribution >= 4 is 23.1 Å². The summed E-state index contributed by atoms with van der Waals surface area (Å²) in [6.45, 7) is 2.54. The fraction of sp³-hybridized carbons (Fsp3) is 0.182. The lowest BCUT2D eigenvalue weighted by atomic mass is 10.1. The first-order valence-corrected chi connectivity index (χ1v) is 8.86. The Morgan fingerprint density at radius 3 is 2.48 bits per heavy atom. The molecule has 1 aromatic heterocycles. The number of hydrogen-bond donors (Lipinski definition) is 2. The van der Waals surface area contributed by atoms with Crippen LogP contribution in [0.1, 0.15) is 21.5 Å². The van der Waals surface area contributed by atoms with Crippen LogP contribution in [0, 0.1) is 6.92 Å². The van der Waals surface area contributed by atoms with Crippen LogP contribution in [-0.4, -0.2) is 25.0 Å². The maximum Gasteiger partial charge on any atom is 0.251 e. The molecule has 1 amide bonds. The molecule has 0 bridgehead atoms. The number of hydrogen-bond acceptors (Lipinski definition) is 4. The second kappa shape index (κ2) is 8.36. The Balaban J connectivity index is 1.65. The molecular weight excluding hydrogens is 336 g/mol. The number of carbonyl (C=O) groups is 1. The average Bonchev–Trinajstić information content (AvgIpc) is 2.68. The molecule has 138 valence electrons. The van der Waals surface area contributed by atoms with E-state index in [1.807, 2.05) is 74.4 Å². The van der Waals surface area contributed by atoms with Crippen molar-refractivity contribution in [1.29, 1.82) is 0 Å². The summed E-state index contributed by atoms with van der Waals surface area (Å²) in [7, 11) is 4.01. The van der Waals surface area contributed by atoms with Crippen molar-refractivity contribution in [3.63, 3.8) is 0 Å². The average molecular weight is 360 g/mol. The van der Waals surface area contributed by atoms with Crippen molar-refractivity contribution in [2.75, 3.05) is 24.3 Å². The Hall–Kier alpha value is -3.34. The molecule has 1 heterocycles. The summed E-state index contributed by atoms with van der Waals surface area (Å²) >= 11 is 0. The maximum atomic E-state index is 12.5. The number of benzene rings is 2. The second-order valence-corrected chi connectivity index (χ2v) is 6.61. The van der Waals surface area contributed by atoms with Crippen LogP contribution in [0.15, 0.2) is 66.9 Å². The van der Waals surface area contributed by atoms with Crippen molar-refractivity contribution in [3.8, 4) is 0 Å². The van der Waals surface area contributed by atoms with Crippen LogP contribution < -0.4 is 15.5 Å². The minimum absolute atomic E-state index is 0.119. The van der Waals surface area contributed by atoms with Gasteiger partial charge in [-0.15, -0.1) is 0 Å². The van der Waals surface area contributed by atoms with E-state index in [2.05, 4.69) is 15.6 Å². The Morgan fingerprint density at radius 1 is 1.04 bits per heavy atom. The van der Waals surface area contributed by atoms with Gasteiger partial charge in [0.2, 0.25) is 0 Å². The highest BCUT2D eigenvalue weighted by atomic mass is 16.1. The van der Waals surface area contributed by atoms with Crippen LogP contribution in [-0.2, 0) is 6.54 Å². The van der Waals surface area contributed by atoms with Gasteiger partial charge >= 0.3 is 0 Å². The van der Waals surface area contributed by atoms with E-state index in [4.69, 9.17) is 0 Å². The fourth-order valence-corrected chi connectivity index (χ4v) is 2.72. The van der Waals surface area contributed by atoms with Gasteiger partial charge in [0, 0.05) is 43.8 Å². The Morgan fingerprint density at radius 2 is 1.78 bits per heavy atom. The van der Waals surface area contributed by atoms with Crippen molar-refractivity contribution in [2.45, 2.75) is 13.5 Å². The zero-order valence-electron chi connectivity index (χ0n) is 15.9. The number of aromatic nitrogens is 1. The van der Waals surface area contributed by atoms with Crippen molar-refractivity contribution in [1.82, 2.24) is 10.3 Å². The molecule has 0 aliphatic carbocycles. The van der Waals surface area contributed by atoms with Gasteiger partial charge in [0.1, 0.15) is 5.82 Å². The van der Waals surface area contributed by atoms with Gasteiger partial charge in [0.25, 0.3) is 5.91 Å². The molecule has 0 fully saturated rings. The predicted molar refractivity (Wildman–Crippen MR) is 111 cm³/mol. The van der Waals surface area contributed by atoms with E-state index in [1.54, 1.807) is 18.3 Å². The molecule has 0 aliphatic rings. The summed E-state index contributed by atoms with van der Waals surface area (Å²) in [5.41, 5.74) is 4.89. The van der Waals surface area contributed by atoms with Crippen molar-refractivity contribution in [2.24, 2.45) is 0 Å². The first kappa shape index (κ1) is 18.5. The van der Waals surface area contributed by atoms with Gasteiger partial charge in [-0.25, -0.2) is 4.98 Å². The maximum absolute atomic E-state index is 12.5. The van der Waals surface area contributed by atoms with Crippen LogP contribution >= 0.6 is 0 Å². The molecule has 0 saturated heterocycles. The third-order valence-corrected chi connectivity index (χ3v) is 4.38. The molecule has 0 unspecified atom stereocenters. The summed E-state index contributed by atoms with van der Waals surface area (Å²) in [6.07, 6.45) is 1.64. The highest BCUT2D eigenvalue weighted by Crippen LogP contribution is 2.19. The highest BCUT2D eigenvalue weighted by Gasteiger charge is 2.08. The number of nitrogens with one attached hydrogen (secondary N) is 2. The minimum atomic E-state index is -0.119. The van der Waals surface area contributed by atoms with E-state index >= 15 is 0 Å². The third-order valence-electron chi connectivity index (χ3n) is 4.38. The lowest BCUT2D eigenvalue weighted by Crippen LogP contribution is -2.23. The molecule has 0 saturated carbocycles. The zero-order chi connectivity index (χ0) is 19.2. The summed E-state index contributed by atoms with van der Waals surface area (Å²) in [6, 6.07) is 19.5. The molecule has 0 aliphatic heterocycles. The monoisotopic (exact) mass is 360 g/mol. The van der Waals surface area contributed by atoms with E-state index in [0.717, 1.165) is 22.5 Å². The van der Waals surface area contributed by atoms with E-state index in [-0.39, 0.29) is 5.91 Å². The first-order valence-electron chi connectivity index (χ1n) is 8.86. The number of anilines is 3. The Kier molecular flexibility index (Phi) is 5.71. The number of pyridine rings is 1. The fourth-order valence-electron chi connectivity index (χ4n) is 2.72. The summed E-state index contributed by atoms with van der Waals surface area (Å²) < 4.78 is 0. The van der Waals surface area contributed by atoms with Crippen LogP contribution in [0.2, 0.25) is 0 Å². The minimum Gasteiger partial charge on any atom is -0.378 e. The second-order valence-electron chi connectivity index (χ2n) is 6.61. The van der Waals surface area contributed by atoms with E-state index in [1.165, 1.54) is 0 Å². The third kappa shape index (κ3) is 4.85. The largest absolute Gasteiger partial charge is 0.378 e.